The van der Waals surface area contributed by atoms with E-state index in [1.165, 1.54) is 32.5 Å². The molecule has 0 unspecified atom stereocenters. The normalized spacial score (nSPS) is 11.5. The molecule has 2 rings (SSSR count). The van der Waals surface area contributed by atoms with E-state index in [0.29, 0.717) is 17.2 Å². The second-order valence-electron chi connectivity index (χ2n) is 5.03. The van der Waals surface area contributed by atoms with Gasteiger partial charge in [0, 0.05) is 23.9 Å². The maximum atomic E-state index is 12.2. The number of amides is 1. The zero-order chi connectivity index (χ0) is 17.5. The predicted octanol–water partition coefficient (Wildman–Crippen LogP) is 2.88. The molecule has 0 aliphatic rings. The summed E-state index contributed by atoms with van der Waals surface area (Å²) in [7, 11) is 3.05. The quantitative estimate of drug-likeness (QED) is 0.778. The Bertz CT molecular complexity index is 677. The molecule has 1 aromatic heterocycles. The van der Waals surface area contributed by atoms with E-state index in [1.807, 2.05) is 16.8 Å². The Morgan fingerprint density at radius 1 is 1.17 bits per heavy atom. The van der Waals surface area contributed by atoms with Gasteiger partial charge in [-0.25, -0.2) is 0 Å². The maximum absolute atomic E-state index is 12.2. The zero-order valence-electron chi connectivity index (χ0n) is 13.7. The molecule has 1 atom stereocenters. The molecule has 128 valence electrons. The maximum Gasteiger partial charge on any atom is 0.311 e. The lowest BCUT2D eigenvalue weighted by Gasteiger charge is -2.14. The van der Waals surface area contributed by atoms with Crippen LogP contribution in [0.25, 0.3) is 0 Å². The molecule has 1 aromatic carbocycles. The molecule has 0 radical (unpaired) electrons. The number of thiophene rings is 1. The largest absolute Gasteiger partial charge is 0.497 e. The number of esters is 1. The number of hydrogen-bond acceptors (Lipinski definition) is 6. The number of hydrogen-bond donors (Lipinski definition) is 1. The second-order valence-corrected chi connectivity index (χ2v) is 5.81. The second kappa shape index (κ2) is 8.35. The average molecular weight is 349 g/mol. The number of anilines is 1. The molecule has 0 spiro atoms. The third-order valence-electron chi connectivity index (χ3n) is 3.22. The summed E-state index contributed by atoms with van der Waals surface area (Å²) in [5, 5.41) is 6.43. The first-order valence-electron chi connectivity index (χ1n) is 7.26. The fraction of sp³-hybridized carbons (Fsp3) is 0.294. The van der Waals surface area contributed by atoms with E-state index in [-0.39, 0.29) is 6.42 Å². The minimum absolute atomic E-state index is 0.147. The van der Waals surface area contributed by atoms with Gasteiger partial charge in [0.2, 0.25) is 0 Å². The van der Waals surface area contributed by atoms with Gasteiger partial charge in [-0.05, 0) is 29.3 Å². The van der Waals surface area contributed by atoms with Gasteiger partial charge in [0.05, 0.1) is 20.6 Å². The topological polar surface area (TPSA) is 73.9 Å². The molecule has 1 heterocycles. The first kappa shape index (κ1) is 17.8. The minimum atomic E-state index is -0.909. The standard InChI is InChI=1S/C17H19NO5S/c1-11(23-16(19)6-12-4-5-24-10-12)17(20)18-13-7-14(21-2)9-15(8-13)22-3/h4-5,7-11H,6H2,1-3H3,(H,18,20)/t11-/m0/s1. The molecule has 7 heteroatoms. The van der Waals surface area contributed by atoms with Crippen LogP contribution >= 0.6 is 11.3 Å². The van der Waals surface area contributed by atoms with Gasteiger partial charge >= 0.3 is 5.97 Å². The molecular formula is C17H19NO5S. The number of rotatable bonds is 7. The molecule has 0 aliphatic heterocycles. The molecule has 1 N–H and O–H groups in total. The number of ether oxygens (including phenoxy) is 3. The molecule has 0 bridgehead atoms. The Balaban J connectivity index is 1.94. The highest BCUT2D eigenvalue weighted by Crippen LogP contribution is 2.25. The van der Waals surface area contributed by atoms with Crippen molar-refractivity contribution in [3.8, 4) is 11.5 Å². The number of methoxy groups -OCH3 is 2. The van der Waals surface area contributed by atoms with E-state index < -0.39 is 18.0 Å². The van der Waals surface area contributed by atoms with Crippen molar-refractivity contribution in [1.29, 1.82) is 0 Å². The number of nitrogens with one attached hydrogen (secondary N) is 1. The summed E-state index contributed by atoms with van der Waals surface area (Å²) in [6, 6.07) is 6.85. The molecule has 0 aliphatic carbocycles. The lowest BCUT2D eigenvalue weighted by Crippen LogP contribution is -2.30. The lowest BCUT2D eigenvalue weighted by atomic mass is 10.2. The van der Waals surface area contributed by atoms with Crippen molar-refractivity contribution in [2.24, 2.45) is 0 Å². The van der Waals surface area contributed by atoms with Crippen LogP contribution in [0.2, 0.25) is 0 Å². The Labute approximate surface area is 144 Å². The van der Waals surface area contributed by atoms with Crippen LogP contribution in [0.3, 0.4) is 0 Å². The van der Waals surface area contributed by atoms with Crippen molar-refractivity contribution < 1.29 is 23.8 Å². The zero-order valence-corrected chi connectivity index (χ0v) is 14.5. The molecule has 2 aromatic rings. The SMILES string of the molecule is COc1cc(NC(=O)[C@H](C)OC(=O)Cc2ccsc2)cc(OC)c1. The van der Waals surface area contributed by atoms with Gasteiger partial charge in [0.15, 0.2) is 6.10 Å². The minimum Gasteiger partial charge on any atom is -0.497 e. The third kappa shape index (κ3) is 4.99. The van der Waals surface area contributed by atoms with E-state index in [4.69, 9.17) is 14.2 Å². The molecule has 0 saturated carbocycles. The Morgan fingerprint density at radius 2 is 1.83 bits per heavy atom. The van der Waals surface area contributed by atoms with Gasteiger partial charge in [0.1, 0.15) is 11.5 Å². The molecule has 6 nitrogen and oxygen atoms in total. The van der Waals surface area contributed by atoms with Crippen molar-refractivity contribution >= 4 is 28.9 Å². The van der Waals surface area contributed by atoms with E-state index >= 15 is 0 Å². The van der Waals surface area contributed by atoms with Gasteiger partial charge in [-0.15, -0.1) is 0 Å². The first-order chi connectivity index (χ1) is 11.5. The van der Waals surface area contributed by atoms with Gasteiger partial charge in [-0.2, -0.15) is 11.3 Å². The summed E-state index contributed by atoms with van der Waals surface area (Å²) in [5.41, 5.74) is 1.37. The summed E-state index contributed by atoms with van der Waals surface area (Å²) < 4.78 is 15.5. The van der Waals surface area contributed by atoms with Crippen LogP contribution in [0, 0.1) is 0 Å². The average Bonchev–Trinajstić information content (AvgIpc) is 3.06. The fourth-order valence-corrected chi connectivity index (χ4v) is 2.64. The summed E-state index contributed by atoms with van der Waals surface area (Å²) in [5.74, 6) is 0.224. The van der Waals surface area contributed by atoms with Crippen LogP contribution in [-0.4, -0.2) is 32.2 Å². The summed E-state index contributed by atoms with van der Waals surface area (Å²) in [6.07, 6.45) is -0.762. The van der Waals surface area contributed by atoms with Crippen LogP contribution in [-0.2, 0) is 20.7 Å². The van der Waals surface area contributed by atoms with Crippen LogP contribution in [0.5, 0.6) is 11.5 Å². The Morgan fingerprint density at radius 3 is 2.38 bits per heavy atom. The third-order valence-corrected chi connectivity index (χ3v) is 3.96. The highest BCUT2D eigenvalue weighted by molar-refractivity contribution is 7.07. The van der Waals surface area contributed by atoms with Gasteiger partial charge < -0.3 is 19.5 Å². The highest BCUT2D eigenvalue weighted by Gasteiger charge is 2.19. The van der Waals surface area contributed by atoms with Gasteiger partial charge in [0.25, 0.3) is 5.91 Å². The Hall–Kier alpha value is -2.54. The van der Waals surface area contributed by atoms with Crippen molar-refractivity contribution in [1.82, 2.24) is 0 Å². The number of benzene rings is 1. The van der Waals surface area contributed by atoms with Crippen molar-refractivity contribution in [3.05, 3.63) is 40.6 Å². The summed E-state index contributed by atoms with van der Waals surface area (Å²) >= 11 is 1.50. The van der Waals surface area contributed by atoms with E-state index in [2.05, 4.69) is 5.32 Å². The summed E-state index contributed by atoms with van der Waals surface area (Å²) in [6.45, 7) is 1.53. The first-order valence-corrected chi connectivity index (χ1v) is 8.20. The van der Waals surface area contributed by atoms with Gasteiger partial charge in [-0.1, -0.05) is 0 Å². The van der Waals surface area contributed by atoms with Crippen molar-refractivity contribution in [2.45, 2.75) is 19.4 Å². The Kier molecular flexibility index (Phi) is 6.20. The van der Waals surface area contributed by atoms with Gasteiger partial charge in [-0.3, -0.25) is 9.59 Å². The lowest BCUT2D eigenvalue weighted by molar-refractivity contribution is -0.152. The monoisotopic (exact) mass is 349 g/mol. The number of carbonyl (C=O) groups is 2. The van der Waals surface area contributed by atoms with E-state index in [0.717, 1.165) is 5.56 Å². The predicted molar refractivity (Wildman–Crippen MR) is 91.8 cm³/mol. The molecule has 0 fully saturated rings. The highest BCUT2D eigenvalue weighted by atomic mass is 32.1. The van der Waals surface area contributed by atoms with Crippen LogP contribution in [0.4, 0.5) is 5.69 Å². The van der Waals surface area contributed by atoms with Crippen LogP contribution in [0.1, 0.15) is 12.5 Å². The van der Waals surface area contributed by atoms with E-state index in [9.17, 15) is 9.59 Å². The van der Waals surface area contributed by atoms with Crippen LogP contribution in [0.15, 0.2) is 35.0 Å². The number of carbonyl (C=O) groups excluding carboxylic acids is 2. The molecule has 1 amide bonds. The van der Waals surface area contributed by atoms with Crippen molar-refractivity contribution in [2.75, 3.05) is 19.5 Å². The van der Waals surface area contributed by atoms with E-state index in [1.54, 1.807) is 18.2 Å². The molecular weight excluding hydrogens is 330 g/mol. The van der Waals surface area contributed by atoms with Crippen molar-refractivity contribution in [3.63, 3.8) is 0 Å². The smallest absolute Gasteiger partial charge is 0.311 e. The molecule has 0 saturated heterocycles. The molecule has 24 heavy (non-hydrogen) atoms. The summed E-state index contributed by atoms with van der Waals surface area (Å²) in [4.78, 5) is 24.0. The van der Waals surface area contributed by atoms with Crippen LogP contribution < -0.4 is 14.8 Å². The fourth-order valence-electron chi connectivity index (χ4n) is 1.98.